The summed E-state index contributed by atoms with van der Waals surface area (Å²) in [5.74, 6) is -0.434. The highest BCUT2D eigenvalue weighted by molar-refractivity contribution is 4.73. The van der Waals surface area contributed by atoms with Crippen molar-refractivity contribution in [2.24, 2.45) is 0 Å². The first-order valence-electron chi connectivity index (χ1n) is 6.40. The molecule has 17 heavy (non-hydrogen) atoms. The summed E-state index contributed by atoms with van der Waals surface area (Å²) in [6.07, 6.45) is 4.67. The van der Waals surface area contributed by atoms with Gasteiger partial charge in [-0.15, -0.1) is 0 Å². The van der Waals surface area contributed by atoms with Gasteiger partial charge in [0.25, 0.3) is 0 Å². The minimum absolute atomic E-state index is 0.196. The van der Waals surface area contributed by atoms with Gasteiger partial charge in [-0.3, -0.25) is 0 Å². The molecule has 0 spiro atoms. The van der Waals surface area contributed by atoms with Gasteiger partial charge in [0.1, 0.15) is 0 Å². The summed E-state index contributed by atoms with van der Waals surface area (Å²) >= 11 is 0. The quantitative estimate of drug-likeness (QED) is 0.695. The van der Waals surface area contributed by atoms with E-state index in [4.69, 9.17) is 14.7 Å². The van der Waals surface area contributed by atoms with E-state index >= 15 is 0 Å². The van der Waals surface area contributed by atoms with E-state index in [0.717, 1.165) is 25.7 Å². The van der Waals surface area contributed by atoms with Gasteiger partial charge in [0.2, 0.25) is 0 Å². The molecule has 2 atom stereocenters. The molecule has 98 valence electrons. The van der Waals surface area contributed by atoms with E-state index in [9.17, 15) is 5.11 Å². The molecule has 1 rings (SSSR count). The second kappa shape index (κ2) is 6.95. The summed E-state index contributed by atoms with van der Waals surface area (Å²) in [5, 5.41) is 17.9. The number of hydrogen-bond acceptors (Lipinski definition) is 4. The highest BCUT2D eigenvalue weighted by Gasteiger charge is 2.31. The first-order valence-corrected chi connectivity index (χ1v) is 6.40. The molecule has 0 aromatic heterocycles. The van der Waals surface area contributed by atoms with E-state index in [1.165, 1.54) is 0 Å². The highest BCUT2D eigenvalue weighted by atomic mass is 16.7. The molecule has 0 aromatic rings. The minimum Gasteiger partial charge on any atom is -0.393 e. The van der Waals surface area contributed by atoms with Gasteiger partial charge < -0.3 is 14.6 Å². The summed E-state index contributed by atoms with van der Waals surface area (Å²) in [6, 6.07) is 2.05. The molecule has 1 saturated heterocycles. The summed E-state index contributed by atoms with van der Waals surface area (Å²) in [7, 11) is 0. The van der Waals surface area contributed by atoms with Gasteiger partial charge in [0.15, 0.2) is 5.79 Å². The fraction of sp³-hybridized carbons (Fsp3) is 0.923. The third kappa shape index (κ3) is 6.02. The molecule has 1 N–H and O–H groups in total. The van der Waals surface area contributed by atoms with Crippen LogP contribution in [0.1, 0.15) is 52.4 Å². The Morgan fingerprint density at radius 1 is 1.41 bits per heavy atom. The van der Waals surface area contributed by atoms with Crippen LogP contribution in [0.3, 0.4) is 0 Å². The molecule has 0 amide bonds. The topological polar surface area (TPSA) is 62.5 Å². The first kappa shape index (κ1) is 14.4. The van der Waals surface area contributed by atoms with Gasteiger partial charge >= 0.3 is 0 Å². The Labute approximate surface area is 104 Å². The number of hydrogen-bond donors (Lipinski definition) is 1. The number of rotatable bonds is 7. The lowest BCUT2D eigenvalue weighted by Gasteiger charge is -2.17. The second-order valence-corrected chi connectivity index (χ2v) is 5.09. The Morgan fingerprint density at radius 3 is 2.76 bits per heavy atom. The third-order valence-corrected chi connectivity index (χ3v) is 2.97. The molecule has 0 bridgehead atoms. The molecule has 0 saturated carbocycles. The van der Waals surface area contributed by atoms with Crippen molar-refractivity contribution in [3.05, 3.63) is 0 Å². The van der Waals surface area contributed by atoms with Crippen LogP contribution in [-0.4, -0.2) is 29.7 Å². The van der Waals surface area contributed by atoms with E-state index in [-0.39, 0.29) is 12.2 Å². The second-order valence-electron chi connectivity index (χ2n) is 5.09. The largest absolute Gasteiger partial charge is 0.393 e. The zero-order valence-electron chi connectivity index (χ0n) is 10.8. The van der Waals surface area contributed by atoms with Gasteiger partial charge in [0.05, 0.1) is 24.9 Å². The SMILES string of the molecule is CC1(C)OCC(CCCCC(O)CCC#N)O1. The summed E-state index contributed by atoms with van der Waals surface area (Å²) in [6.45, 7) is 4.53. The van der Waals surface area contributed by atoms with Gasteiger partial charge in [-0.1, -0.05) is 12.8 Å². The van der Waals surface area contributed by atoms with Crippen molar-refractivity contribution in [2.75, 3.05) is 6.61 Å². The molecule has 0 radical (unpaired) electrons. The van der Waals surface area contributed by atoms with Crippen molar-refractivity contribution < 1.29 is 14.6 Å². The summed E-state index contributed by atoms with van der Waals surface area (Å²) in [4.78, 5) is 0. The van der Waals surface area contributed by atoms with Crippen LogP contribution in [0.25, 0.3) is 0 Å². The predicted molar refractivity (Wildman–Crippen MR) is 64.2 cm³/mol. The maximum Gasteiger partial charge on any atom is 0.163 e. The van der Waals surface area contributed by atoms with Crippen LogP contribution in [0, 0.1) is 11.3 Å². The Kier molecular flexibility index (Phi) is 5.90. The fourth-order valence-corrected chi connectivity index (χ4v) is 2.03. The maximum absolute atomic E-state index is 9.55. The van der Waals surface area contributed by atoms with E-state index in [0.29, 0.717) is 19.4 Å². The van der Waals surface area contributed by atoms with Crippen LogP contribution in [0.2, 0.25) is 0 Å². The zero-order chi connectivity index (χ0) is 12.7. The zero-order valence-corrected chi connectivity index (χ0v) is 10.8. The van der Waals surface area contributed by atoms with Gasteiger partial charge in [-0.2, -0.15) is 5.26 Å². The lowest BCUT2D eigenvalue weighted by Crippen LogP contribution is -2.21. The molecule has 2 unspecified atom stereocenters. The molecular weight excluding hydrogens is 218 g/mol. The molecule has 0 aliphatic carbocycles. The number of aliphatic hydroxyl groups excluding tert-OH is 1. The van der Waals surface area contributed by atoms with Crippen molar-refractivity contribution in [3.8, 4) is 6.07 Å². The molecule has 0 aromatic carbocycles. The number of aliphatic hydroxyl groups is 1. The van der Waals surface area contributed by atoms with Crippen molar-refractivity contribution in [1.29, 1.82) is 5.26 Å². The van der Waals surface area contributed by atoms with E-state index < -0.39 is 5.79 Å². The average molecular weight is 241 g/mol. The van der Waals surface area contributed by atoms with Gasteiger partial charge in [-0.05, 0) is 33.1 Å². The van der Waals surface area contributed by atoms with Gasteiger partial charge in [0, 0.05) is 6.42 Å². The van der Waals surface area contributed by atoms with Gasteiger partial charge in [-0.25, -0.2) is 0 Å². The Balaban J connectivity index is 2.00. The van der Waals surface area contributed by atoms with Crippen LogP contribution in [0.4, 0.5) is 0 Å². The molecule has 1 heterocycles. The van der Waals surface area contributed by atoms with Crippen molar-refractivity contribution in [3.63, 3.8) is 0 Å². The van der Waals surface area contributed by atoms with Crippen molar-refractivity contribution >= 4 is 0 Å². The van der Waals surface area contributed by atoms with Crippen LogP contribution in [0.5, 0.6) is 0 Å². The van der Waals surface area contributed by atoms with Crippen LogP contribution in [-0.2, 0) is 9.47 Å². The summed E-state index contributed by atoms with van der Waals surface area (Å²) < 4.78 is 11.2. The standard InChI is InChI=1S/C13H23NO3/c1-13(2)16-10-12(17-13)8-4-3-6-11(15)7-5-9-14/h11-12,15H,3-8,10H2,1-2H3. The molecule has 4 nitrogen and oxygen atoms in total. The van der Waals surface area contributed by atoms with E-state index in [1.807, 2.05) is 19.9 Å². The average Bonchev–Trinajstić information content (AvgIpc) is 2.61. The normalized spacial score (nSPS) is 24.5. The highest BCUT2D eigenvalue weighted by Crippen LogP contribution is 2.25. The minimum atomic E-state index is -0.434. The lowest BCUT2D eigenvalue weighted by molar-refractivity contribution is -0.139. The van der Waals surface area contributed by atoms with E-state index in [2.05, 4.69) is 0 Å². The predicted octanol–water partition coefficient (Wildman–Crippen LogP) is 2.36. The van der Waals surface area contributed by atoms with Crippen LogP contribution >= 0.6 is 0 Å². The molecule has 4 heteroatoms. The number of nitrogens with zero attached hydrogens (tertiary/aromatic N) is 1. The lowest BCUT2D eigenvalue weighted by atomic mass is 10.1. The van der Waals surface area contributed by atoms with Crippen LogP contribution < -0.4 is 0 Å². The Morgan fingerprint density at radius 2 is 2.18 bits per heavy atom. The third-order valence-electron chi connectivity index (χ3n) is 2.97. The van der Waals surface area contributed by atoms with Crippen molar-refractivity contribution in [2.45, 2.75) is 70.4 Å². The number of ether oxygens (including phenoxy) is 2. The molecular formula is C13H23NO3. The van der Waals surface area contributed by atoms with Crippen molar-refractivity contribution in [1.82, 2.24) is 0 Å². The molecule has 1 aliphatic rings. The molecule has 1 aliphatic heterocycles. The number of unbranched alkanes of at least 4 members (excludes halogenated alkanes) is 1. The first-order chi connectivity index (χ1) is 8.03. The number of nitriles is 1. The van der Waals surface area contributed by atoms with Crippen LogP contribution in [0.15, 0.2) is 0 Å². The maximum atomic E-state index is 9.55. The Hall–Kier alpha value is -0.630. The molecule has 1 fully saturated rings. The van der Waals surface area contributed by atoms with E-state index in [1.54, 1.807) is 0 Å². The fourth-order valence-electron chi connectivity index (χ4n) is 2.03. The Bertz CT molecular complexity index is 260. The smallest absolute Gasteiger partial charge is 0.163 e. The summed E-state index contributed by atoms with van der Waals surface area (Å²) in [5.41, 5.74) is 0. The monoisotopic (exact) mass is 241 g/mol.